The van der Waals surface area contributed by atoms with Gasteiger partial charge in [0, 0.05) is 17.7 Å². The van der Waals surface area contributed by atoms with Crippen molar-refractivity contribution >= 4 is 5.97 Å². The van der Waals surface area contributed by atoms with Crippen LogP contribution < -0.4 is 5.56 Å². The molecule has 0 amide bonds. The standard InChI is InChI=1S/C17H20N2O3/c1-4-7-19-17(22)14(10-16(20)21)9-15(18-19)13-6-5-11(2)12(3)8-13/h5-6,8-9H,4,7,10H2,1-3H3,(H,20,21). The number of hydrogen-bond acceptors (Lipinski definition) is 3. The molecule has 2 aromatic rings. The Hall–Kier alpha value is -2.43. The van der Waals surface area contributed by atoms with Crippen LogP contribution in [0.5, 0.6) is 0 Å². The molecule has 116 valence electrons. The van der Waals surface area contributed by atoms with E-state index in [0.717, 1.165) is 17.5 Å². The summed E-state index contributed by atoms with van der Waals surface area (Å²) in [6.07, 6.45) is 0.471. The molecule has 0 saturated carbocycles. The Morgan fingerprint density at radius 1 is 1.23 bits per heavy atom. The van der Waals surface area contributed by atoms with Crippen molar-refractivity contribution in [1.29, 1.82) is 0 Å². The zero-order valence-corrected chi connectivity index (χ0v) is 13.1. The van der Waals surface area contributed by atoms with Gasteiger partial charge in [0.15, 0.2) is 0 Å². The second-order valence-corrected chi connectivity index (χ2v) is 5.45. The highest BCUT2D eigenvalue weighted by atomic mass is 16.4. The molecule has 0 fully saturated rings. The molecular formula is C17H20N2O3. The molecule has 0 aliphatic carbocycles. The number of carboxylic acid groups (broad SMARTS) is 1. The normalized spacial score (nSPS) is 10.7. The Bertz CT molecular complexity index is 763. The van der Waals surface area contributed by atoms with Crippen LogP contribution in [-0.4, -0.2) is 20.9 Å². The summed E-state index contributed by atoms with van der Waals surface area (Å²) < 4.78 is 1.36. The Balaban J connectivity index is 2.59. The highest BCUT2D eigenvalue weighted by Crippen LogP contribution is 2.20. The average molecular weight is 300 g/mol. The van der Waals surface area contributed by atoms with Gasteiger partial charge >= 0.3 is 5.97 Å². The third kappa shape index (κ3) is 3.42. The van der Waals surface area contributed by atoms with E-state index in [2.05, 4.69) is 5.10 Å². The molecule has 1 heterocycles. The largest absolute Gasteiger partial charge is 0.481 e. The molecule has 0 aliphatic heterocycles. The molecule has 1 N–H and O–H groups in total. The van der Waals surface area contributed by atoms with Gasteiger partial charge in [-0.25, -0.2) is 4.68 Å². The maximum Gasteiger partial charge on any atom is 0.308 e. The monoisotopic (exact) mass is 300 g/mol. The minimum absolute atomic E-state index is 0.268. The second kappa shape index (κ2) is 6.56. The number of aliphatic carboxylic acids is 1. The van der Waals surface area contributed by atoms with Crippen LogP contribution in [0.3, 0.4) is 0 Å². The highest BCUT2D eigenvalue weighted by molar-refractivity contribution is 5.71. The highest BCUT2D eigenvalue weighted by Gasteiger charge is 2.13. The van der Waals surface area contributed by atoms with Crippen LogP contribution in [0, 0.1) is 13.8 Å². The average Bonchev–Trinajstić information content (AvgIpc) is 2.45. The molecule has 0 spiro atoms. The van der Waals surface area contributed by atoms with Gasteiger partial charge < -0.3 is 5.11 Å². The van der Waals surface area contributed by atoms with Gasteiger partial charge in [-0.2, -0.15) is 5.10 Å². The van der Waals surface area contributed by atoms with Crippen LogP contribution in [0.15, 0.2) is 29.1 Å². The number of carboxylic acids is 1. The fourth-order valence-corrected chi connectivity index (χ4v) is 2.29. The summed E-state index contributed by atoms with van der Waals surface area (Å²) in [6.45, 7) is 6.47. The summed E-state index contributed by atoms with van der Waals surface area (Å²) in [7, 11) is 0. The van der Waals surface area contributed by atoms with Crippen LogP contribution in [0.2, 0.25) is 0 Å². The molecule has 22 heavy (non-hydrogen) atoms. The van der Waals surface area contributed by atoms with Gasteiger partial charge in [0.2, 0.25) is 0 Å². The second-order valence-electron chi connectivity index (χ2n) is 5.45. The van der Waals surface area contributed by atoms with E-state index in [4.69, 9.17) is 5.11 Å². The van der Waals surface area contributed by atoms with Crippen molar-refractivity contribution in [3.8, 4) is 11.3 Å². The van der Waals surface area contributed by atoms with Crippen LogP contribution in [0.25, 0.3) is 11.3 Å². The predicted molar refractivity (Wildman–Crippen MR) is 85.0 cm³/mol. The predicted octanol–water partition coefficient (Wildman–Crippen LogP) is 2.56. The Morgan fingerprint density at radius 3 is 2.55 bits per heavy atom. The Labute approximate surface area is 129 Å². The first kappa shape index (κ1) is 15.9. The Kier molecular flexibility index (Phi) is 4.75. The number of nitrogens with zero attached hydrogens (tertiary/aromatic N) is 2. The van der Waals surface area contributed by atoms with Crippen molar-refractivity contribution in [2.24, 2.45) is 0 Å². The lowest BCUT2D eigenvalue weighted by Gasteiger charge is -2.10. The van der Waals surface area contributed by atoms with Crippen molar-refractivity contribution in [2.75, 3.05) is 0 Å². The van der Waals surface area contributed by atoms with Crippen LogP contribution >= 0.6 is 0 Å². The van der Waals surface area contributed by atoms with Crippen molar-refractivity contribution in [3.05, 3.63) is 51.3 Å². The first-order valence-corrected chi connectivity index (χ1v) is 7.32. The summed E-state index contributed by atoms with van der Waals surface area (Å²) in [5.74, 6) is -1.02. The molecule has 0 radical (unpaired) electrons. The molecule has 5 heteroatoms. The van der Waals surface area contributed by atoms with E-state index < -0.39 is 5.97 Å². The van der Waals surface area contributed by atoms with E-state index in [0.29, 0.717) is 12.2 Å². The van der Waals surface area contributed by atoms with E-state index in [-0.39, 0.29) is 17.5 Å². The van der Waals surface area contributed by atoms with Crippen LogP contribution in [0.1, 0.15) is 30.0 Å². The fourth-order valence-electron chi connectivity index (χ4n) is 2.29. The molecule has 0 saturated heterocycles. The third-order valence-corrected chi connectivity index (χ3v) is 3.63. The number of hydrogen-bond donors (Lipinski definition) is 1. The lowest BCUT2D eigenvalue weighted by molar-refractivity contribution is -0.136. The molecule has 0 bridgehead atoms. The Morgan fingerprint density at radius 2 is 1.95 bits per heavy atom. The molecule has 1 aromatic heterocycles. The first-order chi connectivity index (χ1) is 10.4. The molecule has 0 atom stereocenters. The molecule has 0 aliphatic rings. The van der Waals surface area contributed by atoms with E-state index >= 15 is 0 Å². The van der Waals surface area contributed by atoms with Gasteiger partial charge in [-0.05, 0) is 43.5 Å². The summed E-state index contributed by atoms with van der Waals surface area (Å²) in [5.41, 5.74) is 3.77. The van der Waals surface area contributed by atoms with Gasteiger partial charge in [-0.15, -0.1) is 0 Å². The smallest absolute Gasteiger partial charge is 0.308 e. The zero-order chi connectivity index (χ0) is 16.3. The molecule has 2 rings (SSSR count). The maximum atomic E-state index is 12.2. The van der Waals surface area contributed by atoms with Gasteiger partial charge in [-0.3, -0.25) is 9.59 Å². The van der Waals surface area contributed by atoms with Gasteiger partial charge in [-0.1, -0.05) is 19.1 Å². The third-order valence-electron chi connectivity index (χ3n) is 3.63. The quantitative estimate of drug-likeness (QED) is 0.921. The summed E-state index contributed by atoms with van der Waals surface area (Å²) >= 11 is 0. The van der Waals surface area contributed by atoms with Crippen LogP contribution in [-0.2, 0) is 17.8 Å². The summed E-state index contributed by atoms with van der Waals surface area (Å²) in [5, 5.41) is 13.4. The molecule has 1 aromatic carbocycles. The summed E-state index contributed by atoms with van der Waals surface area (Å²) in [6, 6.07) is 7.53. The zero-order valence-electron chi connectivity index (χ0n) is 13.1. The summed E-state index contributed by atoms with van der Waals surface area (Å²) in [4.78, 5) is 23.2. The number of aryl methyl sites for hydroxylation is 3. The van der Waals surface area contributed by atoms with Crippen molar-refractivity contribution in [2.45, 2.75) is 40.2 Å². The number of rotatable bonds is 5. The number of aromatic nitrogens is 2. The van der Waals surface area contributed by atoms with E-state index in [1.165, 1.54) is 10.2 Å². The maximum absolute atomic E-state index is 12.2. The fraction of sp³-hybridized carbons (Fsp3) is 0.353. The SMILES string of the molecule is CCCn1nc(-c2ccc(C)c(C)c2)cc(CC(=O)O)c1=O. The van der Waals surface area contributed by atoms with E-state index in [1.54, 1.807) is 6.07 Å². The van der Waals surface area contributed by atoms with Gasteiger partial charge in [0.25, 0.3) is 5.56 Å². The van der Waals surface area contributed by atoms with Crippen molar-refractivity contribution in [3.63, 3.8) is 0 Å². The minimum atomic E-state index is -1.02. The minimum Gasteiger partial charge on any atom is -0.481 e. The first-order valence-electron chi connectivity index (χ1n) is 7.32. The van der Waals surface area contributed by atoms with E-state index in [9.17, 15) is 9.59 Å². The lowest BCUT2D eigenvalue weighted by atomic mass is 10.0. The van der Waals surface area contributed by atoms with Crippen molar-refractivity contribution in [1.82, 2.24) is 9.78 Å². The van der Waals surface area contributed by atoms with Crippen molar-refractivity contribution < 1.29 is 9.90 Å². The van der Waals surface area contributed by atoms with Crippen LogP contribution in [0.4, 0.5) is 0 Å². The van der Waals surface area contributed by atoms with Gasteiger partial charge in [0.1, 0.15) is 0 Å². The molecule has 0 unspecified atom stereocenters. The number of carbonyl (C=O) groups is 1. The topological polar surface area (TPSA) is 72.2 Å². The molecular weight excluding hydrogens is 280 g/mol. The lowest BCUT2D eigenvalue weighted by Crippen LogP contribution is -2.28. The molecule has 5 nitrogen and oxygen atoms in total. The van der Waals surface area contributed by atoms with E-state index in [1.807, 2.05) is 39.0 Å². The van der Waals surface area contributed by atoms with Gasteiger partial charge in [0.05, 0.1) is 12.1 Å². The number of benzene rings is 1.